The molecule has 0 aliphatic heterocycles. The Bertz CT molecular complexity index is 878. The number of carbonyl (C=O) groups excluding carboxylic acids is 1. The molecule has 1 fully saturated rings. The number of anilines is 1. The van der Waals surface area contributed by atoms with Gasteiger partial charge in [-0.15, -0.1) is 0 Å². The number of aromatic amines is 1. The highest BCUT2D eigenvalue weighted by Gasteiger charge is 2.25. The summed E-state index contributed by atoms with van der Waals surface area (Å²) in [6.45, 7) is 2.05. The topological polar surface area (TPSA) is 88.5 Å². The Morgan fingerprint density at radius 1 is 1.28 bits per heavy atom. The lowest BCUT2D eigenvalue weighted by molar-refractivity contribution is 0.100. The number of carbonyl (C=O) groups is 1. The summed E-state index contributed by atoms with van der Waals surface area (Å²) in [6, 6.07) is 5.94. The fraction of sp³-hybridized carbons (Fsp3) is 0.333. The summed E-state index contributed by atoms with van der Waals surface area (Å²) in [5.74, 6) is 0.396. The third kappa shape index (κ3) is 2.82. The van der Waals surface area contributed by atoms with Crippen LogP contribution in [0.4, 0.5) is 5.82 Å². The van der Waals surface area contributed by atoms with Crippen molar-refractivity contribution in [3.8, 4) is 11.3 Å². The summed E-state index contributed by atoms with van der Waals surface area (Å²) >= 11 is 0. The van der Waals surface area contributed by atoms with Gasteiger partial charge in [-0.1, -0.05) is 6.92 Å². The maximum Gasteiger partial charge on any atom is 0.275 e. The molecule has 0 unspecified atom stereocenters. The number of nitrogens with one attached hydrogen (secondary N) is 2. The van der Waals surface area contributed by atoms with Crippen LogP contribution in [0.15, 0.2) is 36.8 Å². The highest BCUT2D eigenvalue weighted by atomic mass is 16.2. The third-order valence-electron chi connectivity index (χ3n) is 4.75. The molecular weight excluding hydrogens is 316 g/mol. The van der Waals surface area contributed by atoms with E-state index in [9.17, 15) is 4.79 Å². The van der Waals surface area contributed by atoms with E-state index in [0.29, 0.717) is 17.6 Å². The van der Waals surface area contributed by atoms with Gasteiger partial charge < -0.3 is 5.32 Å². The van der Waals surface area contributed by atoms with Gasteiger partial charge in [0, 0.05) is 29.7 Å². The van der Waals surface area contributed by atoms with Crippen molar-refractivity contribution < 1.29 is 4.79 Å². The Morgan fingerprint density at radius 3 is 2.76 bits per heavy atom. The first-order valence-corrected chi connectivity index (χ1v) is 8.60. The molecular formula is C18H20N6O. The van der Waals surface area contributed by atoms with Crippen LogP contribution in [0.5, 0.6) is 0 Å². The Labute approximate surface area is 145 Å². The van der Waals surface area contributed by atoms with Gasteiger partial charge >= 0.3 is 0 Å². The van der Waals surface area contributed by atoms with Crippen LogP contribution in [-0.2, 0) is 6.42 Å². The van der Waals surface area contributed by atoms with Crippen molar-refractivity contribution in [2.75, 3.05) is 5.32 Å². The molecule has 1 amide bonds. The van der Waals surface area contributed by atoms with Gasteiger partial charge in [-0.2, -0.15) is 10.2 Å². The van der Waals surface area contributed by atoms with Crippen LogP contribution in [0.1, 0.15) is 48.3 Å². The van der Waals surface area contributed by atoms with Crippen LogP contribution in [0, 0.1) is 0 Å². The van der Waals surface area contributed by atoms with Crippen LogP contribution >= 0.6 is 0 Å². The van der Waals surface area contributed by atoms with Gasteiger partial charge in [0.15, 0.2) is 5.82 Å². The zero-order chi connectivity index (χ0) is 17.2. The molecule has 25 heavy (non-hydrogen) atoms. The summed E-state index contributed by atoms with van der Waals surface area (Å²) in [5.41, 5.74) is 3.47. The van der Waals surface area contributed by atoms with Crippen molar-refractivity contribution in [1.82, 2.24) is 25.0 Å². The molecule has 1 saturated carbocycles. The van der Waals surface area contributed by atoms with E-state index in [0.717, 1.165) is 36.1 Å². The quantitative estimate of drug-likeness (QED) is 0.749. The molecule has 2 N–H and O–H groups in total. The highest BCUT2D eigenvalue weighted by molar-refractivity contribution is 6.03. The molecule has 128 valence electrons. The fourth-order valence-corrected chi connectivity index (χ4v) is 3.16. The van der Waals surface area contributed by atoms with Gasteiger partial charge in [-0.05, 0) is 43.9 Å². The summed E-state index contributed by atoms with van der Waals surface area (Å²) in [5, 5.41) is 14.6. The van der Waals surface area contributed by atoms with E-state index >= 15 is 0 Å². The van der Waals surface area contributed by atoms with Crippen molar-refractivity contribution in [3.63, 3.8) is 0 Å². The normalized spacial score (nSPS) is 14.3. The molecule has 7 nitrogen and oxygen atoms in total. The van der Waals surface area contributed by atoms with Crippen LogP contribution in [0.2, 0.25) is 0 Å². The first-order chi connectivity index (χ1) is 12.3. The van der Waals surface area contributed by atoms with E-state index in [2.05, 4.69) is 25.6 Å². The van der Waals surface area contributed by atoms with Crippen molar-refractivity contribution in [2.24, 2.45) is 0 Å². The monoisotopic (exact) mass is 336 g/mol. The molecule has 0 aromatic carbocycles. The second-order valence-corrected chi connectivity index (χ2v) is 6.22. The summed E-state index contributed by atoms with van der Waals surface area (Å²) in [7, 11) is 0. The standard InChI is InChI=1S/C18H20N6O/c1-2-14-16(12-6-9-19-10-7-12)22-23-17(14)21-18(25)15-8-11-20-24(15)13-4-3-5-13/h6-11,13H,2-5H2,1H3,(H2,21,22,23,25). The zero-order valence-corrected chi connectivity index (χ0v) is 14.1. The molecule has 0 bridgehead atoms. The lowest BCUT2D eigenvalue weighted by Crippen LogP contribution is -2.25. The van der Waals surface area contributed by atoms with Crippen LogP contribution in [0.25, 0.3) is 11.3 Å². The molecule has 3 aromatic rings. The Hall–Kier alpha value is -2.96. The van der Waals surface area contributed by atoms with Crippen molar-refractivity contribution in [2.45, 2.75) is 38.6 Å². The second kappa shape index (κ2) is 6.51. The van der Waals surface area contributed by atoms with E-state index in [4.69, 9.17) is 0 Å². The lowest BCUT2D eigenvalue weighted by Gasteiger charge is -2.27. The molecule has 1 aliphatic rings. The minimum absolute atomic E-state index is 0.174. The third-order valence-corrected chi connectivity index (χ3v) is 4.75. The maximum atomic E-state index is 12.7. The van der Waals surface area contributed by atoms with E-state index in [1.165, 1.54) is 6.42 Å². The van der Waals surface area contributed by atoms with Gasteiger partial charge in [0.2, 0.25) is 0 Å². The minimum atomic E-state index is -0.174. The van der Waals surface area contributed by atoms with E-state index in [1.54, 1.807) is 24.7 Å². The van der Waals surface area contributed by atoms with Gasteiger partial charge in [0.25, 0.3) is 5.91 Å². The first kappa shape index (κ1) is 15.6. The van der Waals surface area contributed by atoms with Crippen molar-refractivity contribution in [1.29, 1.82) is 0 Å². The number of rotatable bonds is 5. The molecule has 3 heterocycles. The summed E-state index contributed by atoms with van der Waals surface area (Å²) in [6.07, 6.45) is 9.27. The number of hydrogen-bond acceptors (Lipinski definition) is 4. The highest BCUT2D eigenvalue weighted by Crippen LogP contribution is 2.32. The number of nitrogens with zero attached hydrogens (tertiary/aromatic N) is 4. The smallest absolute Gasteiger partial charge is 0.275 e. The van der Waals surface area contributed by atoms with E-state index in [1.807, 2.05) is 23.7 Å². The molecule has 7 heteroatoms. The molecule has 0 saturated heterocycles. The number of hydrogen-bond donors (Lipinski definition) is 2. The Balaban J connectivity index is 1.60. The van der Waals surface area contributed by atoms with E-state index < -0.39 is 0 Å². The average Bonchev–Trinajstić information content (AvgIpc) is 3.21. The van der Waals surface area contributed by atoms with Crippen molar-refractivity contribution in [3.05, 3.63) is 48.0 Å². The summed E-state index contributed by atoms with van der Waals surface area (Å²) in [4.78, 5) is 16.8. The predicted molar refractivity (Wildman–Crippen MR) is 94.3 cm³/mol. The van der Waals surface area contributed by atoms with Gasteiger partial charge in [-0.3, -0.25) is 19.6 Å². The molecule has 0 atom stereocenters. The number of H-pyrrole nitrogens is 1. The molecule has 3 aromatic heterocycles. The predicted octanol–water partition coefficient (Wildman–Crippen LogP) is 3.21. The molecule has 4 rings (SSSR count). The van der Waals surface area contributed by atoms with Crippen LogP contribution in [0.3, 0.4) is 0 Å². The van der Waals surface area contributed by atoms with Gasteiger partial charge in [0.05, 0.1) is 11.7 Å². The SMILES string of the molecule is CCc1c(NC(=O)c2ccnn2C2CCC2)n[nH]c1-c1ccncc1. The Kier molecular flexibility index (Phi) is 4.05. The summed E-state index contributed by atoms with van der Waals surface area (Å²) < 4.78 is 1.83. The largest absolute Gasteiger partial charge is 0.303 e. The van der Waals surface area contributed by atoms with Crippen molar-refractivity contribution >= 4 is 11.7 Å². The van der Waals surface area contributed by atoms with Crippen LogP contribution < -0.4 is 5.32 Å². The number of pyridine rings is 1. The zero-order valence-electron chi connectivity index (χ0n) is 14.1. The Morgan fingerprint density at radius 2 is 2.08 bits per heavy atom. The molecule has 0 radical (unpaired) electrons. The minimum Gasteiger partial charge on any atom is -0.303 e. The number of aromatic nitrogens is 5. The number of amides is 1. The van der Waals surface area contributed by atoms with Crippen LogP contribution in [-0.4, -0.2) is 30.9 Å². The average molecular weight is 336 g/mol. The fourth-order valence-electron chi connectivity index (χ4n) is 3.16. The first-order valence-electron chi connectivity index (χ1n) is 8.60. The van der Waals surface area contributed by atoms with E-state index in [-0.39, 0.29) is 5.91 Å². The second-order valence-electron chi connectivity index (χ2n) is 6.22. The van der Waals surface area contributed by atoms with Gasteiger partial charge in [-0.25, -0.2) is 0 Å². The maximum absolute atomic E-state index is 12.7. The lowest BCUT2D eigenvalue weighted by atomic mass is 9.93. The molecule has 0 spiro atoms. The molecule has 1 aliphatic carbocycles. The van der Waals surface area contributed by atoms with Gasteiger partial charge in [0.1, 0.15) is 5.69 Å².